The fourth-order valence-corrected chi connectivity index (χ4v) is 4.77. The van der Waals surface area contributed by atoms with E-state index >= 15 is 0 Å². The van der Waals surface area contributed by atoms with Crippen molar-refractivity contribution in [1.82, 2.24) is 4.31 Å². The fourth-order valence-electron chi connectivity index (χ4n) is 1.90. The van der Waals surface area contributed by atoms with E-state index in [0.29, 0.717) is 19.5 Å². The van der Waals surface area contributed by atoms with E-state index in [2.05, 4.69) is 4.74 Å². The summed E-state index contributed by atoms with van der Waals surface area (Å²) in [6.07, 6.45) is 0.625. The molecule has 0 spiro atoms. The van der Waals surface area contributed by atoms with Crippen LogP contribution in [0.2, 0.25) is 0 Å². The molecule has 0 N–H and O–H groups in total. The summed E-state index contributed by atoms with van der Waals surface area (Å²) in [5.41, 5.74) is 0. The normalized spacial score (nSPS) is 20.6. The monoisotopic (exact) mass is 305 g/mol. The van der Waals surface area contributed by atoms with Crippen LogP contribution in [0.5, 0.6) is 0 Å². The van der Waals surface area contributed by atoms with Crippen LogP contribution in [0.3, 0.4) is 0 Å². The second-order valence-corrected chi connectivity index (χ2v) is 7.37. The van der Waals surface area contributed by atoms with Crippen LogP contribution in [0.1, 0.15) is 16.1 Å². The zero-order valence-corrected chi connectivity index (χ0v) is 12.3. The molecule has 0 bridgehead atoms. The molecule has 1 aliphatic heterocycles. The lowest BCUT2D eigenvalue weighted by molar-refractivity contribution is 0.0606. The van der Waals surface area contributed by atoms with Gasteiger partial charge in [-0.25, -0.2) is 13.2 Å². The van der Waals surface area contributed by atoms with Crippen molar-refractivity contribution in [3.8, 4) is 0 Å². The highest BCUT2D eigenvalue weighted by molar-refractivity contribution is 7.91. The van der Waals surface area contributed by atoms with E-state index in [9.17, 15) is 13.2 Å². The molecule has 0 saturated carbocycles. The predicted molar refractivity (Wildman–Crippen MR) is 69.8 cm³/mol. The molecule has 0 amide bonds. The molecule has 19 heavy (non-hydrogen) atoms. The van der Waals surface area contributed by atoms with Gasteiger partial charge in [0.05, 0.1) is 13.2 Å². The Morgan fingerprint density at radius 2 is 2.16 bits per heavy atom. The maximum absolute atomic E-state index is 12.3. The molecule has 1 fully saturated rings. The Bertz CT molecular complexity index is 565. The Hall–Kier alpha value is -0.960. The number of sulfonamides is 1. The van der Waals surface area contributed by atoms with Crippen LogP contribution in [-0.2, 0) is 19.5 Å². The highest BCUT2D eigenvalue weighted by Gasteiger charge is 2.33. The van der Waals surface area contributed by atoms with E-state index in [1.165, 1.54) is 23.5 Å². The average Bonchev–Trinajstić information content (AvgIpc) is 3.06. The van der Waals surface area contributed by atoms with E-state index in [-0.39, 0.29) is 15.2 Å². The standard InChI is InChI=1S/C11H15NO5S2/c1-16-8-5-6-12(7-8)19(14,15)10-4-3-9(18-10)11(13)17-2/h3-4,8H,5-7H2,1-2H3/t8-/m0/s1. The summed E-state index contributed by atoms with van der Waals surface area (Å²) >= 11 is 0.923. The lowest BCUT2D eigenvalue weighted by atomic mass is 10.3. The summed E-state index contributed by atoms with van der Waals surface area (Å²) in [6, 6.07) is 2.90. The minimum Gasteiger partial charge on any atom is -0.465 e. The number of hydrogen-bond donors (Lipinski definition) is 0. The molecule has 0 aliphatic carbocycles. The molecule has 0 radical (unpaired) electrons. The number of ether oxygens (including phenoxy) is 2. The van der Waals surface area contributed by atoms with Gasteiger partial charge in [-0.15, -0.1) is 11.3 Å². The van der Waals surface area contributed by atoms with Crippen LogP contribution in [-0.4, -0.2) is 52.1 Å². The Morgan fingerprint density at radius 1 is 1.42 bits per heavy atom. The number of carbonyl (C=O) groups is 1. The maximum atomic E-state index is 12.3. The third-order valence-electron chi connectivity index (χ3n) is 3.00. The van der Waals surface area contributed by atoms with Gasteiger partial charge in [-0.05, 0) is 18.6 Å². The molecule has 6 nitrogen and oxygen atoms in total. The molecule has 1 aromatic heterocycles. The number of rotatable bonds is 4. The third-order valence-corrected chi connectivity index (χ3v) is 6.40. The summed E-state index contributed by atoms with van der Waals surface area (Å²) in [4.78, 5) is 11.6. The van der Waals surface area contributed by atoms with Crippen LogP contribution in [0, 0.1) is 0 Å². The van der Waals surface area contributed by atoms with Gasteiger partial charge in [0.2, 0.25) is 0 Å². The van der Waals surface area contributed by atoms with Crippen LogP contribution >= 0.6 is 11.3 Å². The van der Waals surface area contributed by atoms with Crippen molar-refractivity contribution < 1.29 is 22.7 Å². The zero-order valence-electron chi connectivity index (χ0n) is 10.7. The minimum atomic E-state index is -3.54. The van der Waals surface area contributed by atoms with Gasteiger partial charge in [0.15, 0.2) is 0 Å². The number of hydrogen-bond acceptors (Lipinski definition) is 6. The van der Waals surface area contributed by atoms with Gasteiger partial charge in [-0.3, -0.25) is 0 Å². The number of carbonyl (C=O) groups excluding carboxylic acids is 1. The van der Waals surface area contributed by atoms with Crippen molar-refractivity contribution in [3.05, 3.63) is 17.0 Å². The first-order valence-electron chi connectivity index (χ1n) is 5.70. The van der Waals surface area contributed by atoms with Gasteiger partial charge in [-0.2, -0.15) is 4.31 Å². The first-order valence-corrected chi connectivity index (χ1v) is 7.95. The Kier molecular flexibility index (Phi) is 4.24. The molecule has 1 saturated heterocycles. The highest BCUT2D eigenvalue weighted by Crippen LogP contribution is 2.28. The van der Waals surface area contributed by atoms with E-state index in [1.807, 2.05) is 0 Å². The van der Waals surface area contributed by atoms with Crippen molar-refractivity contribution in [2.45, 2.75) is 16.7 Å². The van der Waals surface area contributed by atoms with Gasteiger partial charge >= 0.3 is 5.97 Å². The summed E-state index contributed by atoms with van der Waals surface area (Å²) in [5.74, 6) is -0.525. The molecular formula is C11H15NO5S2. The molecule has 2 rings (SSSR count). The van der Waals surface area contributed by atoms with Crippen LogP contribution < -0.4 is 0 Å². The molecule has 1 aliphatic rings. The second-order valence-electron chi connectivity index (χ2n) is 4.12. The van der Waals surface area contributed by atoms with Gasteiger partial charge in [0, 0.05) is 20.2 Å². The van der Waals surface area contributed by atoms with Crippen molar-refractivity contribution in [1.29, 1.82) is 0 Å². The highest BCUT2D eigenvalue weighted by atomic mass is 32.2. The Balaban J connectivity index is 2.21. The largest absolute Gasteiger partial charge is 0.465 e. The zero-order chi connectivity index (χ0) is 14.0. The second kappa shape index (κ2) is 5.58. The fraction of sp³-hybridized carbons (Fsp3) is 0.545. The number of methoxy groups -OCH3 is 2. The first kappa shape index (κ1) is 14.4. The minimum absolute atomic E-state index is 0.0604. The summed E-state index contributed by atoms with van der Waals surface area (Å²) in [5, 5.41) is 0. The first-order chi connectivity index (χ1) is 8.98. The van der Waals surface area contributed by atoms with Crippen molar-refractivity contribution in [2.75, 3.05) is 27.3 Å². The van der Waals surface area contributed by atoms with Gasteiger partial charge in [-0.1, -0.05) is 0 Å². The van der Waals surface area contributed by atoms with Crippen LogP contribution in [0.15, 0.2) is 16.3 Å². The molecule has 1 atom stereocenters. The molecule has 2 heterocycles. The quantitative estimate of drug-likeness (QED) is 0.774. The van der Waals surface area contributed by atoms with Gasteiger partial charge in [0.1, 0.15) is 9.09 Å². The van der Waals surface area contributed by atoms with E-state index in [0.717, 1.165) is 11.3 Å². The summed E-state index contributed by atoms with van der Waals surface area (Å²) in [7, 11) is -0.704. The number of thiophene rings is 1. The van der Waals surface area contributed by atoms with Crippen molar-refractivity contribution in [3.63, 3.8) is 0 Å². The lowest BCUT2D eigenvalue weighted by Crippen LogP contribution is -2.29. The van der Waals surface area contributed by atoms with Crippen LogP contribution in [0.4, 0.5) is 0 Å². The Morgan fingerprint density at radius 3 is 2.74 bits per heavy atom. The third kappa shape index (κ3) is 2.81. The smallest absolute Gasteiger partial charge is 0.348 e. The van der Waals surface area contributed by atoms with E-state index < -0.39 is 16.0 Å². The van der Waals surface area contributed by atoms with Crippen molar-refractivity contribution >= 4 is 27.3 Å². The summed E-state index contributed by atoms with van der Waals surface area (Å²) in [6.45, 7) is 0.788. The summed E-state index contributed by atoms with van der Waals surface area (Å²) < 4.78 is 36.0. The van der Waals surface area contributed by atoms with Gasteiger partial charge < -0.3 is 9.47 Å². The van der Waals surface area contributed by atoms with E-state index in [4.69, 9.17) is 4.74 Å². The van der Waals surface area contributed by atoms with Crippen LogP contribution in [0.25, 0.3) is 0 Å². The van der Waals surface area contributed by atoms with E-state index in [1.54, 1.807) is 7.11 Å². The van der Waals surface area contributed by atoms with Crippen molar-refractivity contribution in [2.24, 2.45) is 0 Å². The molecule has 0 unspecified atom stereocenters. The SMILES string of the molecule is COC(=O)c1ccc(S(=O)(=O)N2CC[C@H](OC)C2)s1. The number of esters is 1. The molecule has 0 aromatic carbocycles. The number of nitrogens with zero attached hydrogens (tertiary/aromatic N) is 1. The Labute approximate surface area is 116 Å². The molecule has 1 aromatic rings. The lowest BCUT2D eigenvalue weighted by Gasteiger charge is -2.14. The topological polar surface area (TPSA) is 72.9 Å². The molecule has 106 valence electrons. The average molecular weight is 305 g/mol. The molecular weight excluding hydrogens is 290 g/mol. The molecule has 8 heteroatoms. The van der Waals surface area contributed by atoms with Gasteiger partial charge in [0.25, 0.3) is 10.0 Å². The maximum Gasteiger partial charge on any atom is 0.348 e. The predicted octanol–water partition coefficient (Wildman–Crippen LogP) is 0.944.